The van der Waals surface area contributed by atoms with E-state index in [-0.39, 0.29) is 120 Å². The van der Waals surface area contributed by atoms with Crippen LogP contribution in [-0.4, -0.2) is 176 Å². The van der Waals surface area contributed by atoms with E-state index >= 15 is 0 Å². The lowest BCUT2D eigenvalue weighted by Crippen LogP contribution is -2.58. The molecule has 6 aromatic rings. The lowest BCUT2D eigenvalue weighted by atomic mass is 9.80. The number of fused-ring (bicyclic) bond motifs is 1. The number of hydrogen-bond donors (Lipinski definition) is 6. The number of amides is 8. The summed E-state index contributed by atoms with van der Waals surface area (Å²) in [7, 11) is 0. The second-order valence-electron chi connectivity index (χ2n) is 22.7. The van der Waals surface area contributed by atoms with Crippen LogP contribution in [0.5, 0.6) is 0 Å². The molecule has 5 aliphatic rings. The minimum atomic E-state index is -3.08. The zero-order chi connectivity index (χ0) is 64.5. The zero-order valence-corrected chi connectivity index (χ0v) is 49.7. The van der Waals surface area contributed by atoms with Gasteiger partial charge in [0.1, 0.15) is 42.9 Å². The van der Waals surface area contributed by atoms with Gasteiger partial charge in [-0.1, -0.05) is 48.5 Å². The SMILES string of the molecule is O=C1CCC(N2C(=O)c3cccc(NCCOCCOCCOCC(=O)N4C[C@H]([C@]5(C(=O)O)CCCN5C(=O)OCc5ccccc5)C[C@H]4C(=O)NCc4ccc(-n5cc(NC(=O)c6coc(-c7ccnc(NCC8CC8)c7)n6)c(C(F)F)n5)cc4)c3C2=O)C(=O)N1. The fourth-order valence-electron chi connectivity index (χ4n) is 11.8. The summed E-state index contributed by atoms with van der Waals surface area (Å²) in [4.78, 5) is 132. The van der Waals surface area contributed by atoms with E-state index in [2.05, 4.69) is 41.7 Å². The van der Waals surface area contributed by atoms with Crippen LogP contribution in [0.25, 0.3) is 17.1 Å². The van der Waals surface area contributed by atoms with Crippen molar-refractivity contribution in [2.75, 3.05) is 81.8 Å². The quantitative estimate of drug-likeness (QED) is 0.0258. The van der Waals surface area contributed by atoms with Crippen LogP contribution in [-0.2, 0) is 56.1 Å². The normalized spacial score (nSPS) is 19.5. The third kappa shape index (κ3) is 14.3. The Balaban J connectivity index is 0.678. The summed E-state index contributed by atoms with van der Waals surface area (Å²) in [6.45, 7) is 0.628. The number of piperidine rings is 1. The second-order valence-corrected chi connectivity index (χ2v) is 22.7. The lowest BCUT2D eigenvalue weighted by Gasteiger charge is -2.38. The molecule has 4 atom stereocenters. The van der Waals surface area contributed by atoms with Gasteiger partial charge in [-0.3, -0.25) is 48.7 Å². The van der Waals surface area contributed by atoms with Crippen molar-refractivity contribution in [1.82, 2.24) is 45.1 Å². The van der Waals surface area contributed by atoms with Gasteiger partial charge in [-0.15, -0.1) is 0 Å². The van der Waals surface area contributed by atoms with Crippen molar-refractivity contribution in [1.29, 1.82) is 0 Å². The molecular weight excluding hydrogens is 1200 g/mol. The molecule has 4 aliphatic heterocycles. The molecule has 0 spiro atoms. The van der Waals surface area contributed by atoms with Crippen molar-refractivity contribution < 1.29 is 80.4 Å². The summed E-state index contributed by atoms with van der Waals surface area (Å²) in [5.41, 5.74) is -0.217. The lowest BCUT2D eigenvalue weighted by molar-refractivity contribution is -0.153. The Bertz CT molecular complexity index is 3750. The first-order chi connectivity index (χ1) is 44.6. The van der Waals surface area contributed by atoms with Crippen molar-refractivity contribution in [3.8, 4) is 17.1 Å². The van der Waals surface area contributed by atoms with Gasteiger partial charge >= 0.3 is 12.1 Å². The minimum absolute atomic E-state index is 0.00247. The number of pyridine rings is 1. The number of alkyl halides is 2. The van der Waals surface area contributed by atoms with Gasteiger partial charge in [0, 0.05) is 62.5 Å². The molecule has 3 aromatic carbocycles. The van der Waals surface area contributed by atoms with Gasteiger partial charge in [-0.05, 0) is 92.0 Å². The van der Waals surface area contributed by atoms with Crippen LogP contribution < -0.4 is 26.6 Å². The highest BCUT2D eigenvalue weighted by molar-refractivity contribution is 6.25. The Morgan fingerprint density at radius 3 is 2.37 bits per heavy atom. The number of carbonyl (C=O) groups is 9. The number of carbonyl (C=O) groups excluding carboxylic acids is 8. The maximum absolute atomic E-state index is 14.4. The number of benzene rings is 3. The van der Waals surface area contributed by atoms with Gasteiger partial charge in [-0.2, -0.15) is 5.10 Å². The molecule has 3 saturated heterocycles. The van der Waals surface area contributed by atoms with Gasteiger partial charge in [0.15, 0.2) is 11.4 Å². The fourth-order valence-corrected chi connectivity index (χ4v) is 11.8. The fraction of sp³-hybridized carbons (Fsp3) is 0.397. The van der Waals surface area contributed by atoms with Crippen molar-refractivity contribution in [3.63, 3.8) is 0 Å². The van der Waals surface area contributed by atoms with E-state index in [9.17, 15) is 57.0 Å². The highest BCUT2D eigenvalue weighted by Gasteiger charge is 2.60. The van der Waals surface area contributed by atoms with Crippen LogP contribution in [0.3, 0.4) is 0 Å². The number of anilines is 3. The molecule has 27 nitrogen and oxygen atoms in total. The summed E-state index contributed by atoms with van der Waals surface area (Å²) in [6, 6.07) is 21.1. The molecule has 7 heterocycles. The predicted octanol–water partition coefficient (Wildman–Crippen LogP) is 5.59. The van der Waals surface area contributed by atoms with E-state index in [0.717, 1.165) is 35.2 Å². The number of halogens is 2. The Morgan fingerprint density at radius 1 is 0.848 bits per heavy atom. The van der Waals surface area contributed by atoms with Gasteiger partial charge in [0.05, 0.1) is 61.7 Å². The molecule has 1 aliphatic carbocycles. The number of likely N-dealkylation sites (tertiary alicyclic amines) is 2. The number of imide groups is 2. The number of nitrogens with zero attached hydrogens (tertiary/aromatic N) is 7. The molecule has 1 saturated carbocycles. The number of nitrogens with one attached hydrogen (secondary N) is 5. The first-order valence-electron chi connectivity index (χ1n) is 30.1. The molecule has 8 amide bonds. The Kier molecular flexibility index (Phi) is 19.7. The van der Waals surface area contributed by atoms with Crippen molar-refractivity contribution >= 4 is 70.6 Å². The standard InChI is InChI=1S/C63H66F2N12O15/c64-54(65)53-45(70-55(80)46-35-91-58(71-46)40-18-20-67-49(28-40)68-30-37-10-11-37)33-76(73-53)42-14-12-38(13-15-42)31-69-56(81)48-29-41(63(61(85)86)19-5-22-75(63)62(87)92-34-39-6-2-1-3-7-39)32-74(48)51(79)36-90-27-26-89-25-24-88-23-21-66-44-9-4-8-43-52(44)60(84)77(59(43)83)47-16-17-50(78)72-57(47)82/h1-4,6-9,12-15,18,20,28,33,35,37,41,47-48,54,66H,5,10-11,16-17,19,21-27,29-32,34,36H2,(H,67,68)(H,69,81)(H,70,80)(H,85,86)(H,72,78,82)/t41-,47?,48+,63+/m1/s1. The molecular formula is C63H66F2N12O15. The number of rotatable bonds is 28. The highest BCUT2D eigenvalue weighted by atomic mass is 19.3. The number of carboxylic acid groups (broad SMARTS) is 1. The molecule has 11 rings (SSSR count). The highest BCUT2D eigenvalue weighted by Crippen LogP contribution is 2.44. The minimum Gasteiger partial charge on any atom is -0.479 e. The van der Waals surface area contributed by atoms with Crippen molar-refractivity contribution in [2.24, 2.45) is 11.8 Å². The summed E-state index contributed by atoms with van der Waals surface area (Å²) in [5.74, 6) is -5.39. The zero-order valence-electron chi connectivity index (χ0n) is 49.7. The topological polar surface area (TPSA) is 337 Å². The summed E-state index contributed by atoms with van der Waals surface area (Å²) in [5, 5.41) is 28.9. The predicted molar refractivity (Wildman–Crippen MR) is 320 cm³/mol. The monoisotopic (exact) mass is 1270 g/mol. The third-order valence-corrected chi connectivity index (χ3v) is 16.7. The summed E-state index contributed by atoms with van der Waals surface area (Å²) >= 11 is 0. The van der Waals surface area contributed by atoms with Gasteiger partial charge in [0.2, 0.25) is 29.5 Å². The Labute approximate surface area is 524 Å². The maximum Gasteiger partial charge on any atom is 0.411 e. The van der Waals surface area contributed by atoms with E-state index in [1.54, 1.807) is 85.1 Å². The van der Waals surface area contributed by atoms with Crippen molar-refractivity contribution in [2.45, 2.75) is 82.1 Å². The van der Waals surface area contributed by atoms with Crippen LogP contribution >= 0.6 is 0 Å². The molecule has 4 fully saturated rings. The number of carboxylic acids is 1. The largest absolute Gasteiger partial charge is 0.479 e. The molecule has 6 N–H and O–H groups in total. The van der Waals surface area contributed by atoms with Crippen LogP contribution in [0.1, 0.15) is 99.4 Å². The number of aliphatic carboxylic acids is 1. The van der Waals surface area contributed by atoms with E-state index in [0.29, 0.717) is 46.2 Å². The molecule has 3 aromatic heterocycles. The molecule has 1 unspecified atom stereocenters. The van der Waals surface area contributed by atoms with E-state index in [1.807, 2.05) is 0 Å². The number of aromatic nitrogens is 4. The van der Waals surface area contributed by atoms with Crippen LogP contribution in [0.2, 0.25) is 0 Å². The van der Waals surface area contributed by atoms with Crippen LogP contribution in [0, 0.1) is 11.8 Å². The number of ether oxygens (including phenoxy) is 4. The Hall–Kier alpha value is -10.0. The van der Waals surface area contributed by atoms with Gasteiger partial charge in [0.25, 0.3) is 24.1 Å². The summed E-state index contributed by atoms with van der Waals surface area (Å²) in [6.07, 6.45) is 2.56. The van der Waals surface area contributed by atoms with E-state index in [4.69, 9.17) is 23.4 Å². The first kappa shape index (κ1) is 63.6. The van der Waals surface area contributed by atoms with Gasteiger partial charge in [-0.25, -0.2) is 33.0 Å². The van der Waals surface area contributed by atoms with E-state index < -0.39 is 95.7 Å². The van der Waals surface area contributed by atoms with Crippen LogP contribution in [0.4, 0.5) is 30.8 Å². The second kappa shape index (κ2) is 28.4. The average molecular weight is 1270 g/mol. The van der Waals surface area contributed by atoms with Crippen LogP contribution in [0.15, 0.2) is 108 Å². The first-order valence-corrected chi connectivity index (χ1v) is 30.1. The molecule has 92 heavy (non-hydrogen) atoms. The number of oxazole rings is 1. The smallest absolute Gasteiger partial charge is 0.411 e. The van der Waals surface area contributed by atoms with E-state index in [1.165, 1.54) is 22.1 Å². The Morgan fingerprint density at radius 2 is 1.62 bits per heavy atom. The van der Waals surface area contributed by atoms with Crippen molar-refractivity contribution in [3.05, 3.63) is 137 Å². The number of hydrogen-bond acceptors (Lipinski definition) is 19. The molecule has 0 bridgehead atoms. The molecule has 482 valence electrons. The maximum atomic E-state index is 14.4. The van der Waals surface area contributed by atoms with Gasteiger partial charge < -0.3 is 54.6 Å². The third-order valence-electron chi connectivity index (χ3n) is 16.7. The molecule has 29 heteroatoms. The summed E-state index contributed by atoms with van der Waals surface area (Å²) < 4.78 is 58.2. The average Bonchev–Trinajstić information content (AvgIpc) is 1.60. The molecule has 0 radical (unpaired) electrons.